The van der Waals surface area contributed by atoms with Crippen molar-refractivity contribution in [2.24, 2.45) is 5.92 Å². The molecule has 0 saturated heterocycles. The van der Waals surface area contributed by atoms with Crippen LogP contribution in [0.4, 0.5) is 8.78 Å². The zero-order chi connectivity index (χ0) is 15.5. The summed E-state index contributed by atoms with van der Waals surface area (Å²) >= 11 is 0. The minimum atomic E-state index is -0.925. The molecule has 3 nitrogen and oxygen atoms in total. The van der Waals surface area contributed by atoms with E-state index in [1.54, 1.807) is 0 Å². The summed E-state index contributed by atoms with van der Waals surface area (Å²) < 4.78 is 26.3. The highest BCUT2D eigenvalue weighted by Crippen LogP contribution is 2.33. The molecule has 0 heterocycles. The number of benzene rings is 1. The molecule has 0 bridgehead atoms. The lowest BCUT2D eigenvalue weighted by Crippen LogP contribution is -2.49. The van der Waals surface area contributed by atoms with Crippen molar-refractivity contribution in [2.75, 3.05) is 0 Å². The lowest BCUT2D eigenvalue weighted by Gasteiger charge is -2.35. The van der Waals surface area contributed by atoms with Crippen LogP contribution >= 0.6 is 0 Å². The van der Waals surface area contributed by atoms with Gasteiger partial charge >= 0.3 is 0 Å². The average molecular weight is 292 g/mol. The van der Waals surface area contributed by atoms with Crippen molar-refractivity contribution in [3.8, 4) is 6.07 Å². The van der Waals surface area contributed by atoms with E-state index in [1.807, 2.05) is 0 Å². The van der Waals surface area contributed by atoms with Gasteiger partial charge in [-0.05, 0) is 43.7 Å². The summed E-state index contributed by atoms with van der Waals surface area (Å²) in [5, 5.41) is 12.1. The molecule has 1 amide bonds. The minimum absolute atomic E-state index is 0.0975. The van der Waals surface area contributed by atoms with Crippen LogP contribution in [0.2, 0.25) is 0 Å². The molecule has 0 unspecified atom stereocenters. The third kappa shape index (κ3) is 3.57. The zero-order valence-corrected chi connectivity index (χ0v) is 12.0. The van der Waals surface area contributed by atoms with E-state index in [0.717, 1.165) is 31.4 Å². The molecule has 1 saturated carbocycles. The van der Waals surface area contributed by atoms with Crippen LogP contribution in [0.15, 0.2) is 18.2 Å². The summed E-state index contributed by atoms with van der Waals surface area (Å²) in [5.41, 5.74) is -1.02. The molecule has 112 valence electrons. The highest BCUT2D eigenvalue weighted by Gasteiger charge is 2.36. The van der Waals surface area contributed by atoms with E-state index in [9.17, 15) is 18.8 Å². The zero-order valence-electron chi connectivity index (χ0n) is 12.0. The third-order valence-electron chi connectivity index (χ3n) is 4.23. The summed E-state index contributed by atoms with van der Waals surface area (Å²) in [4.78, 5) is 12.1. The molecule has 1 aromatic carbocycles. The Kier molecular flexibility index (Phi) is 4.56. The van der Waals surface area contributed by atoms with Crippen LogP contribution in [-0.4, -0.2) is 11.4 Å². The van der Waals surface area contributed by atoms with Gasteiger partial charge in [0.05, 0.1) is 6.07 Å². The largest absolute Gasteiger partial charge is 0.334 e. The standard InChI is InChI=1S/C16H18F2N2O/c1-2-11-3-5-16(10-19,6-4-11)20-15(21)12-7-13(17)9-14(18)8-12/h7-9,11H,2-6H2,1H3,(H,20,21). The fourth-order valence-electron chi connectivity index (χ4n) is 2.82. The summed E-state index contributed by atoms with van der Waals surface area (Å²) in [6.07, 6.45) is 3.96. The smallest absolute Gasteiger partial charge is 0.252 e. The lowest BCUT2D eigenvalue weighted by molar-refractivity contribution is 0.0890. The van der Waals surface area contributed by atoms with E-state index in [1.165, 1.54) is 0 Å². The molecule has 1 aromatic rings. The molecule has 0 radical (unpaired) electrons. The van der Waals surface area contributed by atoms with Gasteiger partial charge in [-0.2, -0.15) is 5.26 Å². The molecule has 0 aliphatic heterocycles. The number of halogens is 2. The molecule has 1 fully saturated rings. The number of nitriles is 1. The molecule has 0 aromatic heterocycles. The van der Waals surface area contributed by atoms with Crippen molar-refractivity contribution in [1.82, 2.24) is 5.32 Å². The first-order valence-electron chi connectivity index (χ1n) is 7.18. The Morgan fingerprint density at radius 1 is 1.33 bits per heavy atom. The Morgan fingerprint density at radius 3 is 2.38 bits per heavy atom. The number of amides is 1. The Hall–Kier alpha value is -1.96. The van der Waals surface area contributed by atoms with Crippen LogP contribution in [-0.2, 0) is 0 Å². The first-order valence-corrected chi connectivity index (χ1v) is 7.18. The predicted octanol–water partition coefficient (Wildman–Crippen LogP) is 3.56. The maximum Gasteiger partial charge on any atom is 0.252 e. The van der Waals surface area contributed by atoms with Gasteiger partial charge in [-0.3, -0.25) is 4.79 Å². The van der Waals surface area contributed by atoms with Crippen molar-refractivity contribution >= 4 is 5.91 Å². The van der Waals surface area contributed by atoms with E-state index in [-0.39, 0.29) is 5.56 Å². The highest BCUT2D eigenvalue weighted by atomic mass is 19.1. The van der Waals surface area contributed by atoms with Crippen LogP contribution in [0, 0.1) is 28.9 Å². The maximum absolute atomic E-state index is 13.2. The normalized spacial score (nSPS) is 25.1. The Labute approximate surface area is 123 Å². The average Bonchev–Trinajstić information content (AvgIpc) is 2.47. The van der Waals surface area contributed by atoms with Gasteiger partial charge in [-0.15, -0.1) is 0 Å². The van der Waals surface area contributed by atoms with Gasteiger partial charge < -0.3 is 5.32 Å². The van der Waals surface area contributed by atoms with Gasteiger partial charge in [-0.1, -0.05) is 13.3 Å². The van der Waals surface area contributed by atoms with Crippen molar-refractivity contribution < 1.29 is 13.6 Å². The SMILES string of the molecule is CCC1CCC(C#N)(NC(=O)c2cc(F)cc(F)c2)CC1. The van der Waals surface area contributed by atoms with E-state index in [4.69, 9.17) is 0 Å². The molecule has 5 heteroatoms. The van der Waals surface area contributed by atoms with Crippen molar-refractivity contribution in [1.29, 1.82) is 5.26 Å². The summed E-state index contributed by atoms with van der Waals surface area (Å²) in [5.74, 6) is -1.64. The maximum atomic E-state index is 13.2. The van der Waals surface area contributed by atoms with Crippen LogP contribution in [0.5, 0.6) is 0 Å². The van der Waals surface area contributed by atoms with E-state index in [2.05, 4.69) is 18.3 Å². The van der Waals surface area contributed by atoms with Gasteiger partial charge in [-0.25, -0.2) is 8.78 Å². The Morgan fingerprint density at radius 2 is 1.90 bits per heavy atom. The van der Waals surface area contributed by atoms with E-state index >= 15 is 0 Å². The van der Waals surface area contributed by atoms with Crippen molar-refractivity contribution in [2.45, 2.75) is 44.6 Å². The van der Waals surface area contributed by atoms with Gasteiger partial charge in [0.2, 0.25) is 0 Å². The molecular weight excluding hydrogens is 274 g/mol. The topological polar surface area (TPSA) is 52.9 Å². The van der Waals surface area contributed by atoms with Crippen molar-refractivity contribution in [3.05, 3.63) is 35.4 Å². The summed E-state index contributed by atoms with van der Waals surface area (Å²) in [6, 6.07) is 4.83. The van der Waals surface area contributed by atoms with Crippen LogP contribution in [0.3, 0.4) is 0 Å². The van der Waals surface area contributed by atoms with Gasteiger partial charge in [0.25, 0.3) is 5.91 Å². The second-order valence-corrected chi connectivity index (χ2v) is 5.66. The van der Waals surface area contributed by atoms with E-state index in [0.29, 0.717) is 24.8 Å². The predicted molar refractivity (Wildman–Crippen MR) is 74.4 cm³/mol. The number of hydrogen-bond acceptors (Lipinski definition) is 2. The number of carbonyl (C=O) groups excluding carboxylic acids is 1. The van der Waals surface area contributed by atoms with Crippen molar-refractivity contribution in [3.63, 3.8) is 0 Å². The van der Waals surface area contributed by atoms with Crippen LogP contribution < -0.4 is 5.32 Å². The quantitative estimate of drug-likeness (QED) is 0.926. The fourth-order valence-corrected chi connectivity index (χ4v) is 2.82. The number of rotatable bonds is 3. The number of nitrogens with zero attached hydrogens (tertiary/aromatic N) is 1. The molecular formula is C16H18F2N2O. The molecule has 1 aliphatic carbocycles. The van der Waals surface area contributed by atoms with Gasteiger partial charge in [0, 0.05) is 11.6 Å². The summed E-state index contributed by atoms with van der Waals surface area (Å²) in [7, 11) is 0. The number of hydrogen-bond donors (Lipinski definition) is 1. The van der Waals surface area contributed by atoms with E-state index < -0.39 is 23.1 Å². The first kappa shape index (κ1) is 15.4. The Bertz CT molecular complexity index is 552. The third-order valence-corrected chi connectivity index (χ3v) is 4.23. The van der Waals surface area contributed by atoms with Crippen LogP contribution in [0.1, 0.15) is 49.4 Å². The lowest BCUT2D eigenvalue weighted by atomic mass is 9.76. The highest BCUT2D eigenvalue weighted by molar-refractivity contribution is 5.95. The molecule has 2 rings (SSSR count). The molecule has 1 aliphatic rings. The molecule has 0 spiro atoms. The second-order valence-electron chi connectivity index (χ2n) is 5.66. The van der Waals surface area contributed by atoms with Gasteiger partial charge in [0.15, 0.2) is 0 Å². The fraction of sp³-hybridized carbons (Fsp3) is 0.500. The Balaban J connectivity index is 2.12. The second kappa shape index (κ2) is 6.21. The summed E-state index contributed by atoms with van der Waals surface area (Å²) in [6.45, 7) is 2.11. The number of carbonyl (C=O) groups is 1. The number of nitrogens with one attached hydrogen (secondary N) is 1. The molecule has 0 atom stereocenters. The van der Waals surface area contributed by atoms with Crippen LogP contribution in [0.25, 0.3) is 0 Å². The minimum Gasteiger partial charge on any atom is -0.334 e. The molecule has 21 heavy (non-hydrogen) atoms. The molecule has 1 N–H and O–H groups in total. The monoisotopic (exact) mass is 292 g/mol. The van der Waals surface area contributed by atoms with Gasteiger partial charge in [0.1, 0.15) is 17.2 Å². The first-order chi connectivity index (χ1) is 9.98.